The van der Waals surface area contributed by atoms with Gasteiger partial charge in [0.15, 0.2) is 4.34 Å². The van der Waals surface area contributed by atoms with Crippen LogP contribution >= 0.6 is 23.1 Å². The lowest BCUT2D eigenvalue weighted by Crippen LogP contribution is -1.89. The lowest BCUT2D eigenvalue weighted by Gasteiger charge is -2.00. The largest absolute Gasteiger partial charge is 0.339 e. The van der Waals surface area contributed by atoms with Crippen molar-refractivity contribution in [2.75, 3.05) is 11.1 Å². The second-order valence-corrected chi connectivity index (χ2v) is 8.03. The van der Waals surface area contributed by atoms with Crippen molar-refractivity contribution in [1.29, 1.82) is 0 Å². The van der Waals surface area contributed by atoms with E-state index < -0.39 is 0 Å². The molecule has 1 aromatic carbocycles. The Balaban J connectivity index is 1.24. The summed E-state index contributed by atoms with van der Waals surface area (Å²) >= 11 is 3.04. The summed E-state index contributed by atoms with van der Waals surface area (Å²) in [5.41, 5.74) is 1.53. The fourth-order valence-electron chi connectivity index (χ4n) is 2.37. The van der Waals surface area contributed by atoms with Crippen molar-refractivity contribution in [3.8, 4) is 11.4 Å². The molecule has 0 bridgehead atoms. The molecule has 0 atom stereocenters. The molecule has 4 aromatic rings. The van der Waals surface area contributed by atoms with Crippen LogP contribution in [0.5, 0.6) is 0 Å². The highest BCUT2D eigenvalue weighted by Gasteiger charge is 2.09. The first-order valence-corrected chi connectivity index (χ1v) is 10.3. The summed E-state index contributed by atoms with van der Waals surface area (Å²) in [5, 5.41) is 15.9. The molecular formula is C18H15FN6OS2. The second-order valence-electron chi connectivity index (χ2n) is 5.71. The normalized spacial score (nSPS) is 10.9. The lowest BCUT2D eigenvalue weighted by atomic mass is 10.2. The zero-order chi connectivity index (χ0) is 19.2. The molecule has 4 rings (SSSR count). The van der Waals surface area contributed by atoms with Gasteiger partial charge in [0.05, 0.1) is 0 Å². The van der Waals surface area contributed by atoms with Crippen LogP contribution in [0.2, 0.25) is 0 Å². The Bertz CT molecular complexity index is 1040. The van der Waals surface area contributed by atoms with Crippen LogP contribution in [0, 0.1) is 5.82 Å². The summed E-state index contributed by atoms with van der Waals surface area (Å²) < 4.78 is 19.4. The van der Waals surface area contributed by atoms with Crippen LogP contribution in [0.1, 0.15) is 12.3 Å². The van der Waals surface area contributed by atoms with Crippen molar-refractivity contribution in [3.05, 3.63) is 60.5 Å². The highest BCUT2D eigenvalue weighted by molar-refractivity contribution is 8.01. The number of aromatic nitrogens is 5. The van der Waals surface area contributed by atoms with Gasteiger partial charge in [0, 0.05) is 35.8 Å². The van der Waals surface area contributed by atoms with Crippen molar-refractivity contribution in [2.24, 2.45) is 0 Å². The predicted molar refractivity (Wildman–Crippen MR) is 106 cm³/mol. The minimum absolute atomic E-state index is 0.294. The number of nitrogens with zero attached hydrogens (tertiary/aromatic N) is 5. The maximum Gasteiger partial charge on any atom is 0.226 e. The standard InChI is InChI=1S/C18H15FN6OS2/c19-13-3-1-4-14(11-13)21-17-23-24-18(28-17)27-10-2-5-15-22-16(25-26-15)12-6-8-20-9-7-12/h1,3-4,6-9,11H,2,5,10H2,(H,21,23). The Morgan fingerprint density at radius 3 is 2.89 bits per heavy atom. The minimum atomic E-state index is -0.294. The van der Waals surface area contributed by atoms with Crippen LogP contribution < -0.4 is 5.32 Å². The Labute approximate surface area is 168 Å². The number of halogens is 1. The molecule has 0 amide bonds. The first-order chi connectivity index (χ1) is 13.8. The van der Waals surface area contributed by atoms with Gasteiger partial charge in [0.2, 0.25) is 16.8 Å². The quantitative estimate of drug-likeness (QED) is 0.331. The van der Waals surface area contributed by atoms with Crippen molar-refractivity contribution < 1.29 is 8.91 Å². The number of hydrogen-bond acceptors (Lipinski definition) is 9. The number of thioether (sulfide) groups is 1. The van der Waals surface area contributed by atoms with E-state index in [1.165, 1.54) is 23.5 Å². The Hall–Kier alpha value is -2.85. The molecule has 0 radical (unpaired) electrons. The highest BCUT2D eigenvalue weighted by atomic mass is 32.2. The van der Waals surface area contributed by atoms with Gasteiger partial charge >= 0.3 is 0 Å². The van der Waals surface area contributed by atoms with E-state index in [0.29, 0.717) is 29.0 Å². The smallest absolute Gasteiger partial charge is 0.226 e. The third-order valence-corrected chi connectivity index (χ3v) is 5.71. The van der Waals surface area contributed by atoms with Crippen LogP contribution in [0.4, 0.5) is 15.2 Å². The molecule has 0 aliphatic carbocycles. The maximum absolute atomic E-state index is 13.2. The van der Waals surface area contributed by atoms with E-state index in [9.17, 15) is 4.39 Å². The molecule has 7 nitrogen and oxygen atoms in total. The molecule has 10 heteroatoms. The van der Waals surface area contributed by atoms with Crippen LogP contribution in [-0.4, -0.2) is 31.1 Å². The van der Waals surface area contributed by atoms with Gasteiger partial charge in [-0.1, -0.05) is 34.3 Å². The van der Waals surface area contributed by atoms with Gasteiger partial charge in [0.1, 0.15) is 5.82 Å². The first kappa shape index (κ1) is 18.5. The third-order valence-electron chi connectivity index (χ3n) is 3.65. The van der Waals surface area contributed by atoms with E-state index >= 15 is 0 Å². The summed E-state index contributed by atoms with van der Waals surface area (Å²) in [6.07, 6.45) is 4.95. The number of anilines is 2. The summed E-state index contributed by atoms with van der Waals surface area (Å²) in [7, 11) is 0. The molecule has 0 fully saturated rings. The monoisotopic (exact) mass is 414 g/mol. The minimum Gasteiger partial charge on any atom is -0.339 e. The average Bonchev–Trinajstić information content (AvgIpc) is 3.36. The van der Waals surface area contributed by atoms with Crippen LogP contribution in [0.3, 0.4) is 0 Å². The van der Waals surface area contributed by atoms with Crippen molar-refractivity contribution in [2.45, 2.75) is 17.2 Å². The van der Waals surface area contributed by atoms with E-state index in [2.05, 4.69) is 30.6 Å². The van der Waals surface area contributed by atoms with E-state index in [4.69, 9.17) is 4.52 Å². The van der Waals surface area contributed by atoms with Gasteiger partial charge in [-0.05, 0) is 36.8 Å². The predicted octanol–water partition coefficient (Wildman–Crippen LogP) is 4.59. The molecule has 142 valence electrons. The van der Waals surface area contributed by atoms with Crippen molar-refractivity contribution in [1.82, 2.24) is 25.3 Å². The first-order valence-electron chi connectivity index (χ1n) is 8.48. The number of benzene rings is 1. The van der Waals surface area contributed by atoms with Crippen molar-refractivity contribution in [3.63, 3.8) is 0 Å². The van der Waals surface area contributed by atoms with Gasteiger partial charge in [-0.25, -0.2) is 4.39 Å². The molecule has 3 aromatic heterocycles. The van der Waals surface area contributed by atoms with E-state index in [1.54, 1.807) is 36.3 Å². The molecule has 28 heavy (non-hydrogen) atoms. The van der Waals surface area contributed by atoms with Gasteiger partial charge < -0.3 is 9.84 Å². The van der Waals surface area contributed by atoms with Crippen LogP contribution in [-0.2, 0) is 6.42 Å². The summed E-state index contributed by atoms with van der Waals surface area (Å²) in [4.78, 5) is 8.38. The number of aryl methyl sites for hydroxylation is 1. The Morgan fingerprint density at radius 2 is 2.04 bits per heavy atom. The van der Waals surface area contributed by atoms with Crippen LogP contribution in [0.15, 0.2) is 57.7 Å². The topological polar surface area (TPSA) is 89.6 Å². The molecule has 1 N–H and O–H groups in total. The van der Waals surface area contributed by atoms with Gasteiger partial charge in [-0.2, -0.15) is 4.98 Å². The van der Waals surface area contributed by atoms with Gasteiger partial charge in [-0.3, -0.25) is 4.98 Å². The number of nitrogens with one attached hydrogen (secondary N) is 1. The molecule has 0 saturated heterocycles. The van der Waals surface area contributed by atoms with Gasteiger partial charge in [0.25, 0.3) is 0 Å². The third kappa shape index (κ3) is 4.90. The fourth-order valence-corrected chi connectivity index (χ4v) is 4.15. The fraction of sp³-hybridized carbons (Fsp3) is 0.167. The van der Waals surface area contributed by atoms with Crippen LogP contribution in [0.25, 0.3) is 11.4 Å². The van der Waals surface area contributed by atoms with E-state index in [1.807, 2.05) is 12.1 Å². The zero-order valence-electron chi connectivity index (χ0n) is 14.6. The molecular weight excluding hydrogens is 399 g/mol. The second kappa shape index (κ2) is 8.89. The molecule has 0 aliphatic rings. The van der Waals surface area contributed by atoms with E-state index in [-0.39, 0.29) is 5.82 Å². The summed E-state index contributed by atoms with van der Waals surface area (Å²) in [5.74, 6) is 1.74. The number of pyridine rings is 1. The number of hydrogen-bond donors (Lipinski definition) is 1. The van der Waals surface area contributed by atoms with Crippen molar-refractivity contribution >= 4 is 33.9 Å². The Kier molecular flexibility index (Phi) is 5.88. The molecule has 0 saturated carbocycles. The highest BCUT2D eigenvalue weighted by Crippen LogP contribution is 2.28. The maximum atomic E-state index is 13.2. The average molecular weight is 414 g/mol. The Morgan fingerprint density at radius 1 is 1.14 bits per heavy atom. The molecule has 0 aliphatic heterocycles. The SMILES string of the molecule is Fc1cccc(Nc2nnc(SCCCc3nc(-c4ccncc4)no3)s2)c1. The van der Waals surface area contributed by atoms with Gasteiger partial charge in [-0.15, -0.1) is 10.2 Å². The number of rotatable bonds is 8. The molecule has 0 unspecified atom stereocenters. The zero-order valence-corrected chi connectivity index (χ0v) is 16.2. The molecule has 3 heterocycles. The lowest BCUT2D eigenvalue weighted by molar-refractivity contribution is 0.378. The summed E-state index contributed by atoms with van der Waals surface area (Å²) in [6, 6.07) is 9.92. The van der Waals surface area contributed by atoms with E-state index in [0.717, 1.165) is 22.1 Å². The molecule has 0 spiro atoms. The summed E-state index contributed by atoms with van der Waals surface area (Å²) in [6.45, 7) is 0.